The van der Waals surface area contributed by atoms with Crippen LogP contribution < -0.4 is 4.74 Å². The molecule has 0 saturated carbocycles. The van der Waals surface area contributed by atoms with Crippen LogP contribution in [0.15, 0.2) is 42.5 Å². The van der Waals surface area contributed by atoms with Crippen LogP contribution in [0.25, 0.3) is 0 Å². The van der Waals surface area contributed by atoms with Gasteiger partial charge in [-0.05, 0) is 42.5 Å². The first kappa shape index (κ1) is 15.8. The third-order valence-electron chi connectivity index (χ3n) is 2.76. The number of hydrogen-bond acceptors (Lipinski definition) is 3. The summed E-state index contributed by atoms with van der Waals surface area (Å²) in [6.45, 7) is 0. The van der Waals surface area contributed by atoms with Crippen molar-refractivity contribution in [2.75, 3.05) is 7.11 Å². The monoisotopic (exact) mass is 314 g/mol. The van der Waals surface area contributed by atoms with E-state index in [1.54, 1.807) is 0 Å². The summed E-state index contributed by atoms with van der Waals surface area (Å²) < 4.78 is 60.6. The lowest BCUT2D eigenvalue weighted by molar-refractivity contribution is -0.137. The van der Waals surface area contributed by atoms with Crippen LogP contribution in [0.1, 0.15) is 15.9 Å². The van der Waals surface area contributed by atoms with Gasteiger partial charge in [0.25, 0.3) is 0 Å². The fourth-order valence-electron chi connectivity index (χ4n) is 1.67. The summed E-state index contributed by atoms with van der Waals surface area (Å²) in [5, 5.41) is 0. The summed E-state index contributed by atoms with van der Waals surface area (Å²) in [6, 6.07) is 7.22. The Morgan fingerprint density at radius 3 is 2.18 bits per heavy atom. The molecule has 116 valence electrons. The SMILES string of the molecule is COC(=O)c1ccc(Oc2ccc(C(F)(F)F)cc2)c(F)c1. The van der Waals surface area contributed by atoms with Crippen LogP contribution in [0.4, 0.5) is 17.6 Å². The molecule has 22 heavy (non-hydrogen) atoms. The fraction of sp³-hybridized carbons (Fsp3) is 0.133. The average molecular weight is 314 g/mol. The van der Waals surface area contributed by atoms with E-state index in [4.69, 9.17) is 4.74 Å². The zero-order valence-electron chi connectivity index (χ0n) is 11.3. The number of esters is 1. The molecule has 0 aliphatic rings. The zero-order chi connectivity index (χ0) is 16.3. The van der Waals surface area contributed by atoms with Crippen LogP contribution in [0.2, 0.25) is 0 Å². The number of carbonyl (C=O) groups is 1. The molecule has 3 nitrogen and oxygen atoms in total. The van der Waals surface area contributed by atoms with E-state index in [1.807, 2.05) is 0 Å². The quantitative estimate of drug-likeness (QED) is 0.621. The molecule has 7 heteroatoms. The Kier molecular flexibility index (Phi) is 4.35. The third kappa shape index (κ3) is 3.55. The van der Waals surface area contributed by atoms with Crippen molar-refractivity contribution in [3.05, 3.63) is 59.4 Å². The Labute approximate surface area is 123 Å². The van der Waals surface area contributed by atoms with Crippen molar-refractivity contribution in [1.82, 2.24) is 0 Å². The Morgan fingerprint density at radius 2 is 1.68 bits per heavy atom. The molecule has 2 aromatic rings. The Morgan fingerprint density at radius 1 is 1.05 bits per heavy atom. The Bertz CT molecular complexity index is 678. The van der Waals surface area contributed by atoms with Gasteiger partial charge in [-0.3, -0.25) is 0 Å². The third-order valence-corrected chi connectivity index (χ3v) is 2.76. The maximum Gasteiger partial charge on any atom is 0.416 e. The molecule has 0 aliphatic heterocycles. The van der Waals surface area contributed by atoms with E-state index in [1.165, 1.54) is 12.1 Å². The highest BCUT2D eigenvalue weighted by Crippen LogP contribution is 2.32. The lowest BCUT2D eigenvalue weighted by Crippen LogP contribution is -2.04. The number of halogens is 4. The second-order valence-electron chi connectivity index (χ2n) is 4.26. The predicted octanol–water partition coefficient (Wildman–Crippen LogP) is 4.42. The number of alkyl halides is 3. The summed E-state index contributed by atoms with van der Waals surface area (Å²) in [7, 11) is 1.16. The molecule has 0 fully saturated rings. The first-order valence-electron chi connectivity index (χ1n) is 6.04. The van der Waals surface area contributed by atoms with Crippen molar-refractivity contribution in [1.29, 1.82) is 0 Å². The molecule has 0 unspecified atom stereocenters. The van der Waals surface area contributed by atoms with Crippen molar-refractivity contribution >= 4 is 5.97 Å². The van der Waals surface area contributed by atoms with Crippen LogP contribution in [0.3, 0.4) is 0 Å². The van der Waals surface area contributed by atoms with Gasteiger partial charge >= 0.3 is 12.1 Å². The largest absolute Gasteiger partial charge is 0.465 e. The summed E-state index contributed by atoms with van der Waals surface area (Å²) in [5.41, 5.74) is -0.832. The molecule has 0 amide bonds. The van der Waals surface area contributed by atoms with Crippen molar-refractivity contribution < 1.29 is 31.8 Å². The van der Waals surface area contributed by atoms with Gasteiger partial charge in [0.15, 0.2) is 11.6 Å². The second-order valence-corrected chi connectivity index (χ2v) is 4.26. The summed E-state index contributed by atoms with van der Waals surface area (Å²) >= 11 is 0. The van der Waals surface area contributed by atoms with Crippen LogP contribution in [0.5, 0.6) is 11.5 Å². The molecular weight excluding hydrogens is 304 g/mol. The molecule has 0 aromatic heterocycles. The van der Waals surface area contributed by atoms with Gasteiger partial charge in [-0.15, -0.1) is 0 Å². The van der Waals surface area contributed by atoms with E-state index in [9.17, 15) is 22.4 Å². The first-order chi connectivity index (χ1) is 10.3. The highest BCUT2D eigenvalue weighted by Gasteiger charge is 2.30. The molecule has 0 bridgehead atoms. The van der Waals surface area contributed by atoms with E-state index in [0.29, 0.717) is 0 Å². The number of ether oxygens (including phenoxy) is 2. The van der Waals surface area contributed by atoms with Gasteiger partial charge in [-0.1, -0.05) is 0 Å². The lowest BCUT2D eigenvalue weighted by Gasteiger charge is -2.10. The van der Waals surface area contributed by atoms with Gasteiger partial charge in [0.1, 0.15) is 5.75 Å². The standard InChI is InChI=1S/C15H10F4O3/c1-21-14(20)9-2-7-13(12(16)8-9)22-11-5-3-10(4-6-11)15(17,18)19/h2-8H,1H3. The minimum absolute atomic E-state index is 0.000214. The van der Waals surface area contributed by atoms with Gasteiger partial charge in [0.05, 0.1) is 18.2 Å². The van der Waals surface area contributed by atoms with Gasteiger partial charge in [0, 0.05) is 0 Å². The van der Waals surface area contributed by atoms with Crippen LogP contribution in [0, 0.1) is 5.82 Å². The zero-order valence-corrected chi connectivity index (χ0v) is 11.3. The van der Waals surface area contributed by atoms with Crippen molar-refractivity contribution in [2.24, 2.45) is 0 Å². The Balaban J connectivity index is 2.19. The first-order valence-corrected chi connectivity index (χ1v) is 6.04. The number of hydrogen-bond donors (Lipinski definition) is 0. The molecule has 0 radical (unpaired) electrons. The van der Waals surface area contributed by atoms with Crippen molar-refractivity contribution in [3.8, 4) is 11.5 Å². The molecule has 0 saturated heterocycles. The van der Waals surface area contributed by atoms with E-state index in [2.05, 4.69) is 4.74 Å². The maximum atomic E-state index is 13.8. The number of methoxy groups -OCH3 is 1. The summed E-state index contributed by atoms with van der Waals surface area (Å²) in [5.74, 6) is -1.71. The normalized spacial score (nSPS) is 11.1. The topological polar surface area (TPSA) is 35.5 Å². The van der Waals surface area contributed by atoms with Gasteiger partial charge < -0.3 is 9.47 Å². The summed E-state index contributed by atoms with van der Waals surface area (Å²) in [4.78, 5) is 11.2. The Hall–Kier alpha value is -2.57. The molecule has 2 rings (SSSR count). The lowest BCUT2D eigenvalue weighted by atomic mass is 10.2. The van der Waals surface area contributed by atoms with Gasteiger partial charge in [-0.25, -0.2) is 9.18 Å². The van der Waals surface area contributed by atoms with E-state index in [-0.39, 0.29) is 17.1 Å². The predicted molar refractivity (Wildman–Crippen MR) is 69.3 cm³/mol. The van der Waals surface area contributed by atoms with Crippen molar-refractivity contribution in [3.63, 3.8) is 0 Å². The average Bonchev–Trinajstić information content (AvgIpc) is 2.48. The number of rotatable bonds is 3. The second kappa shape index (κ2) is 6.05. The highest BCUT2D eigenvalue weighted by molar-refractivity contribution is 5.89. The molecular formula is C15H10F4O3. The molecule has 0 aliphatic carbocycles. The number of benzene rings is 2. The molecule has 0 atom stereocenters. The van der Waals surface area contributed by atoms with Gasteiger partial charge in [-0.2, -0.15) is 13.2 Å². The van der Waals surface area contributed by atoms with Crippen LogP contribution in [-0.2, 0) is 10.9 Å². The minimum Gasteiger partial charge on any atom is -0.465 e. The van der Waals surface area contributed by atoms with E-state index < -0.39 is 23.5 Å². The molecule has 2 aromatic carbocycles. The maximum absolute atomic E-state index is 13.8. The minimum atomic E-state index is -4.45. The van der Waals surface area contributed by atoms with E-state index >= 15 is 0 Å². The molecule has 0 heterocycles. The van der Waals surface area contributed by atoms with Crippen LogP contribution >= 0.6 is 0 Å². The van der Waals surface area contributed by atoms with Gasteiger partial charge in [0.2, 0.25) is 0 Å². The molecule has 0 spiro atoms. The van der Waals surface area contributed by atoms with Crippen molar-refractivity contribution in [2.45, 2.75) is 6.18 Å². The fourth-order valence-corrected chi connectivity index (χ4v) is 1.67. The smallest absolute Gasteiger partial charge is 0.416 e. The number of carbonyl (C=O) groups excluding carboxylic acids is 1. The highest BCUT2D eigenvalue weighted by atomic mass is 19.4. The molecule has 0 N–H and O–H groups in total. The summed E-state index contributed by atoms with van der Waals surface area (Å²) in [6.07, 6.45) is -4.45. The van der Waals surface area contributed by atoms with E-state index in [0.717, 1.165) is 37.4 Å². The van der Waals surface area contributed by atoms with Crippen LogP contribution in [-0.4, -0.2) is 13.1 Å².